The van der Waals surface area contributed by atoms with Crippen molar-refractivity contribution in [1.82, 2.24) is 4.90 Å². The molecule has 0 fully saturated rings. The second-order valence-corrected chi connectivity index (χ2v) is 7.32. The van der Waals surface area contributed by atoms with Crippen molar-refractivity contribution >= 4 is 34.8 Å². The van der Waals surface area contributed by atoms with Crippen LogP contribution in [0.25, 0.3) is 0 Å². The Kier molecular flexibility index (Phi) is 7.76. The zero-order chi connectivity index (χ0) is 19.1. The Morgan fingerprint density at radius 2 is 1.92 bits per heavy atom. The van der Waals surface area contributed by atoms with Gasteiger partial charge in [-0.2, -0.15) is 0 Å². The van der Waals surface area contributed by atoms with E-state index in [4.69, 9.17) is 27.9 Å². The molecule has 1 amide bonds. The summed E-state index contributed by atoms with van der Waals surface area (Å²) in [6.45, 7) is 3.23. The highest BCUT2D eigenvalue weighted by atomic mass is 35.5. The van der Waals surface area contributed by atoms with Crippen molar-refractivity contribution in [1.29, 1.82) is 0 Å². The Morgan fingerprint density at radius 1 is 1.15 bits per heavy atom. The lowest BCUT2D eigenvalue weighted by molar-refractivity contribution is -0.116. The molecule has 0 aliphatic rings. The van der Waals surface area contributed by atoms with Crippen LogP contribution in [0.2, 0.25) is 10.0 Å². The van der Waals surface area contributed by atoms with E-state index in [1.54, 1.807) is 18.2 Å². The quantitative estimate of drug-likeness (QED) is 0.628. The van der Waals surface area contributed by atoms with Gasteiger partial charge in [0.05, 0.1) is 11.6 Å². The molecule has 1 N–H and O–H groups in total. The maximum atomic E-state index is 12.2. The Balaban J connectivity index is 1.83. The molecular weight excluding hydrogens is 371 g/mol. The molecule has 2 aromatic carbocycles. The zero-order valence-electron chi connectivity index (χ0n) is 15.3. The summed E-state index contributed by atoms with van der Waals surface area (Å²) in [5.74, 6) is 0.544. The van der Waals surface area contributed by atoms with Crippen LogP contribution in [-0.4, -0.2) is 31.5 Å². The maximum absolute atomic E-state index is 12.2. The van der Waals surface area contributed by atoms with Gasteiger partial charge in [-0.25, -0.2) is 0 Å². The van der Waals surface area contributed by atoms with Crippen LogP contribution in [-0.2, 0) is 11.3 Å². The molecular formula is C20H24Cl2N2O2. The molecule has 0 bridgehead atoms. The number of carbonyl (C=O) groups excluding carboxylic acids is 1. The first kappa shape index (κ1) is 20.6. The fraction of sp³-hybridized carbons (Fsp3) is 0.350. The first-order chi connectivity index (χ1) is 12.3. The average Bonchev–Trinajstić information content (AvgIpc) is 2.55. The summed E-state index contributed by atoms with van der Waals surface area (Å²) in [5.41, 5.74) is 3.14. The van der Waals surface area contributed by atoms with Crippen LogP contribution < -0.4 is 10.1 Å². The van der Waals surface area contributed by atoms with Crippen LogP contribution in [0.15, 0.2) is 36.4 Å². The van der Waals surface area contributed by atoms with Crippen LogP contribution in [0.5, 0.6) is 5.75 Å². The van der Waals surface area contributed by atoms with E-state index in [9.17, 15) is 4.79 Å². The molecule has 26 heavy (non-hydrogen) atoms. The first-order valence-corrected chi connectivity index (χ1v) is 9.22. The SMILES string of the molecule is Cc1ccc(NC(=O)CCCOc2ccc(Cl)cc2Cl)c(CN(C)C)c1. The Bertz CT molecular complexity index is 763. The van der Waals surface area contributed by atoms with Crippen molar-refractivity contribution in [3.05, 3.63) is 57.6 Å². The van der Waals surface area contributed by atoms with Gasteiger partial charge in [-0.3, -0.25) is 4.79 Å². The summed E-state index contributed by atoms with van der Waals surface area (Å²) >= 11 is 11.9. The third kappa shape index (κ3) is 6.52. The van der Waals surface area contributed by atoms with Crippen molar-refractivity contribution in [2.75, 3.05) is 26.0 Å². The molecule has 0 saturated carbocycles. The van der Waals surface area contributed by atoms with Crippen molar-refractivity contribution in [3.8, 4) is 5.75 Å². The highest BCUT2D eigenvalue weighted by molar-refractivity contribution is 6.35. The van der Waals surface area contributed by atoms with Crippen LogP contribution in [0.3, 0.4) is 0 Å². The van der Waals surface area contributed by atoms with Gasteiger partial charge in [-0.15, -0.1) is 0 Å². The summed E-state index contributed by atoms with van der Waals surface area (Å²) in [4.78, 5) is 14.3. The van der Waals surface area contributed by atoms with Crippen LogP contribution >= 0.6 is 23.2 Å². The monoisotopic (exact) mass is 394 g/mol. The third-order valence-corrected chi connectivity index (χ3v) is 4.25. The molecule has 0 heterocycles. The van der Waals surface area contributed by atoms with E-state index < -0.39 is 0 Å². The fourth-order valence-electron chi connectivity index (χ4n) is 2.54. The number of rotatable bonds is 8. The Morgan fingerprint density at radius 3 is 2.62 bits per heavy atom. The van der Waals surface area contributed by atoms with Crippen molar-refractivity contribution < 1.29 is 9.53 Å². The molecule has 6 heteroatoms. The lowest BCUT2D eigenvalue weighted by atomic mass is 10.1. The van der Waals surface area contributed by atoms with Gasteiger partial charge in [0.15, 0.2) is 0 Å². The summed E-state index contributed by atoms with van der Waals surface area (Å²) < 4.78 is 5.61. The maximum Gasteiger partial charge on any atom is 0.224 e. The smallest absolute Gasteiger partial charge is 0.224 e. The zero-order valence-corrected chi connectivity index (χ0v) is 16.8. The molecule has 0 aromatic heterocycles. The van der Waals surface area contributed by atoms with E-state index in [2.05, 4.69) is 16.3 Å². The van der Waals surface area contributed by atoms with Gasteiger partial charge in [0.1, 0.15) is 5.75 Å². The summed E-state index contributed by atoms with van der Waals surface area (Å²) in [5, 5.41) is 4.03. The number of anilines is 1. The molecule has 0 aliphatic heterocycles. The Labute approximate surface area is 165 Å². The van der Waals surface area contributed by atoms with Gasteiger partial charge >= 0.3 is 0 Å². The molecule has 0 spiro atoms. The van der Waals surface area contributed by atoms with E-state index in [1.165, 1.54) is 5.56 Å². The lowest BCUT2D eigenvalue weighted by Gasteiger charge is -2.16. The van der Waals surface area contributed by atoms with Crippen LogP contribution in [0.4, 0.5) is 5.69 Å². The number of nitrogens with one attached hydrogen (secondary N) is 1. The van der Waals surface area contributed by atoms with E-state index >= 15 is 0 Å². The molecule has 0 saturated heterocycles. The normalized spacial score (nSPS) is 10.8. The first-order valence-electron chi connectivity index (χ1n) is 8.47. The number of ether oxygens (including phenoxy) is 1. The molecule has 4 nitrogen and oxygen atoms in total. The molecule has 0 unspecified atom stereocenters. The summed E-state index contributed by atoms with van der Waals surface area (Å²) in [6, 6.07) is 11.1. The number of nitrogens with zero attached hydrogens (tertiary/aromatic N) is 1. The summed E-state index contributed by atoms with van der Waals surface area (Å²) in [6.07, 6.45) is 0.972. The van der Waals surface area contributed by atoms with Crippen molar-refractivity contribution in [2.45, 2.75) is 26.3 Å². The van der Waals surface area contributed by atoms with E-state index in [-0.39, 0.29) is 5.91 Å². The van der Waals surface area contributed by atoms with Crippen molar-refractivity contribution in [2.24, 2.45) is 0 Å². The van der Waals surface area contributed by atoms with E-state index in [0.29, 0.717) is 35.2 Å². The van der Waals surface area contributed by atoms with Gasteiger partial charge < -0.3 is 15.0 Å². The van der Waals surface area contributed by atoms with Crippen molar-refractivity contribution in [3.63, 3.8) is 0 Å². The van der Waals surface area contributed by atoms with Gasteiger partial charge in [-0.05, 0) is 57.3 Å². The summed E-state index contributed by atoms with van der Waals surface area (Å²) in [7, 11) is 4.01. The fourth-order valence-corrected chi connectivity index (χ4v) is 3.00. The predicted molar refractivity (Wildman–Crippen MR) is 108 cm³/mol. The molecule has 0 atom stereocenters. The van der Waals surface area contributed by atoms with Gasteiger partial charge in [0.2, 0.25) is 5.91 Å². The number of halogens is 2. The molecule has 0 radical (unpaired) electrons. The highest BCUT2D eigenvalue weighted by Crippen LogP contribution is 2.27. The largest absolute Gasteiger partial charge is 0.492 e. The minimum absolute atomic E-state index is 0.0281. The van der Waals surface area contributed by atoms with E-state index in [0.717, 1.165) is 17.8 Å². The number of carbonyl (C=O) groups is 1. The third-order valence-electron chi connectivity index (χ3n) is 3.72. The second-order valence-electron chi connectivity index (χ2n) is 6.47. The molecule has 140 valence electrons. The number of benzene rings is 2. The predicted octanol–water partition coefficient (Wildman–Crippen LogP) is 5.16. The highest BCUT2D eigenvalue weighted by Gasteiger charge is 2.09. The Hall–Kier alpha value is -1.75. The minimum Gasteiger partial charge on any atom is -0.492 e. The number of hydrogen-bond donors (Lipinski definition) is 1. The molecule has 0 aliphatic carbocycles. The minimum atomic E-state index is -0.0281. The number of amides is 1. The molecule has 2 rings (SSSR count). The van der Waals surface area contributed by atoms with Crippen LogP contribution in [0.1, 0.15) is 24.0 Å². The average molecular weight is 395 g/mol. The number of aryl methyl sites for hydroxylation is 1. The topological polar surface area (TPSA) is 41.6 Å². The number of hydrogen-bond acceptors (Lipinski definition) is 3. The van der Waals surface area contributed by atoms with Gasteiger partial charge in [-0.1, -0.05) is 40.9 Å². The standard InChI is InChI=1S/C20H24Cl2N2O2/c1-14-6-8-18(15(11-14)13-24(2)3)23-20(25)5-4-10-26-19-9-7-16(21)12-17(19)22/h6-9,11-12H,4-5,10,13H2,1-3H3,(H,23,25). The lowest BCUT2D eigenvalue weighted by Crippen LogP contribution is -2.17. The van der Waals surface area contributed by atoms with Gasteiger partial charge in [0.25, 0.3) is 0 Å². The van der Waals surface area contributed by atoms with Crippen LogP contribution in [0, 0.1) is 6.92 Å². The second kappa shape index (κ2) is 9.81. The molecule has 2 aromatic rings. The van der Waals surface area contributed by atoms with Gasteiger partial charge in [0, 0.05) is 23.7 Å². The van der Waals surface area contributed by atoms with E-state index in [1.807, 2.05) is 33.2 Å².